The van der Waals surface area contributed by atoms with Gasteiger partial charge < -0.3 is 10.1 Å². The lowest BCUT2D eigenvalue weighted by Crippen LogP contribution is -2.45. The highest BCUT2D eigenvalue weighted by atomic mass is 32.2. The Morgan fingerprint density at radius 2 is 1.57 bits per heavy atom. The van der Waals surface area contributed by atoms with Crippen molar-refractivity contribution in [2.45, 2.75) is 50.8 Å². The summed E-state index contributed by atoms with van der Waals surface area (Å²) in [6, 6.07) is 8.01. The van der Waals surface area contributed by atoms with Crippen molar-refractivity contribution in [3.05, 3.63) is 24.3 Å². The summed E-state index contributed by atoms with van der Waals surface area (Å²) < 4.78 is 5.14. The SMILES string of the molecule is COc1ccc(S[C@H](C)C(=O)NC(C(C)C)C(C)C)cc1. The Hall–Kier alpha value is -1.16. The Kier molecular flexibility index (Phi) is 7.09. The third-order valence-electron chi connectivity index (χ3n) is 3.49. The fraction of sp³-hybridized carbons (Fsp3) is 0.588. The van der Waals surface area contributed by atoms with Gasteiger partial charge in [-0.15, -0.1) is 11.8 Å². The summed E-state index contributed by atoms with van der Waals surface area (Å²) in [6.07, 6.45) is 0. The molecule has 4 heteroatoms. The number of ether oxygens (including phenoxy) is 1. The number of rotatable bonds is 7. The molecule has 1 aromatic rings. The van der Waals surface area contributed by atoms with E-state index in [1.165, 1.54) is 0 Å². The van der Waals surface area contributed by atoms with Crippen LogP contribution in [0.15, 0.2) is 29.2 Å². The molecule has 0 aromatic heterocycles. The quantitative estimate of drug-likeness (QED) is 0.774. The highest BCUT2D eigenvalue weighted by molar-refractivity contribution is 8.00. The van der Waals surface area contributed by atoms with Crippen molar-refractivity contribution in [3.8, 4) is 5.75 Å². The molecular formula is C17H27NO2S. The molecule has 0 saturated heterocycles. The van der Waals surface area contributed by atoms with Gasteiger partial charge in [0.05, 0.1) is 12.4 Å². The van der Waals surface area contributed by atoms with Gasteiger partial charge in [-0.1, -0.05) is 27.7 Å². The first-order valence-electron chi connectivity index (χ1n) is 7.46. The summed E-state index contributed by atoms with van der Waals surface area (Å²) >= 11 is 1.57. The van der Waals surface area contributed by atoms with Crippen LogP contribution in [-0.2, 0) is 4.79 Å². The van der Waals surface area contributed by atoms with E-state index in [1.807, 2.05) is 31.2 Å². The van der Waals surface area contributed by atoms with E-state index in [-0.39, 0.29) is 17.2 Å². The van der Waals surface area contributed by atoms with E-state index >= 15 is 0 Å². The summed E-state index contributed by atoms with van der Waals surface area (Å²) in [5.41, 5.74) is 0. The lowest BCUT2D eigenvalue weighted by atomic mass is 9.93. The Labute approximate surface area is 132 Å². The van der Waals surface area contributed by atoms with Gasteiger partial charge in [-0.05, 0) is 43.0 Å². The fourth-order valence-corrected chi connectivity index (χ4v) is 3.17. The molecule has 0 aliphatic rings. The lowest BCUT2D eigenvalue weighted by molar-refractivity contribution is -0.121. The van der Waals surface area contributed by atoms with E-state index in [2.05, 4.69) is 33.0 Å². The van der Waals surface area contributed by atoms with Gasteiger partial charge in [0.15, 0.2) is 0 Å². The average molecular weight is 309 g/mol. The third-order valence-corrected chi connectivity index (χ3v) is 4.60. The Morgan fingerprint density at radius 1 is 1.05 bits per heavy atom. The van der Waals surface area contributed by atoms with Gasteiger partial charge in [0.25, 0.3) is 0 Å². The second kappa shape index (κ2) is 8.32. The van der Waals surface area contributed by atoms with Gasteiger partial charge in [-0.2, -0.15) is 0 Å². The van der Waals surface area contributed by atoms with Gasteiger partial charge in [0, 0.05) is 10.9 Å². The molecule has 0 radical (unpaired) electrons. The Bertz CT molecular complexity index is 435. The zero-order valence-corrected chi connectivity index (χ0v) is 14.7. The molecule has 1 N–H and O–H groups in total. The summed E-state index contributed by atoms with van der Waals surface area (Å²) in [4.78, 5) is 13.4. The maximum Gasteiger partial charge on any atom is 0.233 e. The highest BCUT2D eigenvalue weighted by Gasteiger charge is 2.23. The van der Waals surface area contributed by atoms with E-state index in [0.717, 1.165) is 10.6 Å². The number of thioether (sulfide) groups is 1. The second-order valence-corrected chi connectivity index (χ2v) is 7.37. The van der Waals surface area contributed by atoms with E-state index < -0.39 is 0 Å². The van der Waals surface area contributed by atoms with Crippen LogP contribution in [0.25, 0.3) is 0 Å². The first-order valence-corrected chi connectivity index (χ1v) is 8.34. The van der Waals surface area contributed by atoms with Crippen LogP contribution in [0, 0.1) is 11.8 Å². The minimum atomic E-state index is -0.113. The molecule has 1 atom stereocenters. The van der Waals surface area contributed by atoms with Crippen LogP contribution in [-0.4, -0.2) is 24.3 Å². The van der Waals surface area contributed by atoms with Gasteiger partial charge >= 0.3 is 0 Å². The third kappa shape index (κ3) is 5.62. The molecule has 3 nitrogen and oxygen atoms in total. The van der Waals surface area contributed by atoms with Crippen molar-refractivity contribution >= 4 is 17.7 Å². The molecule has 0 saturated carbocycles. The number of amides is 1. The Balaban J connectivity index is 2.61. The summed E-state index contributed by atoms with van der Waals surface area (Å²) in [5, 5.41) is 3.06. The molecule has 21 heavy (non-hydrogen) atoms. The van der Waals surface area contributed by atoms with Gasteiger partial charge in [-0.3, -0.25) is 4.79 Å². The number of hydrogen-bond donors (Lipinski definition) is 1. The summed E-state index contributed by atoms with van der Waals surface area (Å²) in [5.74, 6) is 1.80. The van der Waals surface area contributed by atoms with Crippen LogP contribution in [0.1, 0.15) is 34.6 Å². The molecule has 118 valence electrons. The van der Waals surface area contributed by atoms with Crippen LogP contribution >= 0.6 is 11.8 Å². The van der Waals surface area contributed by atoms with Crippen molar-refractivity contribution in [1.29, 1.82) is 0 Å². The van der Waals surface area contributed by atoms with E-state index in [4.69, 9.17) is 4.74 Å². The first kappa shape index (κ1) is 17.9. The zero-order chi connectivity index (χ0) is 16.0. The van der Waals surface area contributed by atoms with E-state index in [0.29, 0.717) is 11.8 Å². The molecule has 1 aromatic carbocycles. The van der Waals surface area contributed by atoms with Crippen molar-refractivity contribution in [2.24, 2.45) is 11.8 Å². The maximum absolute atomic E-state index is 12.3. The highest BCUT2D eigenvalue weighted by Crippen LogP contribution is 2.26. The number of carbonyl (C=O) groups excluding carboxylic acids is 1. The molecule has 0 spiro atoms. The maximum atomic E-state index is 12.3. The fourth-order valence-electron chi connectivity index (χ4n) is 2.30. The Morgan fingerprint density at radius 3 is 2.00 bits per heavy atom. The molecule has 0 aliphatic carbocycles. The molecule has 0 bridgehead atoms. The van der Waals surface area contributed by atoms with Gasteiger partial charge in [0.2, 0.25) is 5.91 Å². The van der Waals surface area contributed by atoms with Gasteiger partial charge in [0.1, 0.15) is 5.75 Å². The van der Waals surface area contributed by atoms with Crippen molar-refractivity contribution in [1.82, 2.24) is 5.32 Å². The van der Waals surface area contributed by atoms with E-state index in [1.54, 1.807) is 18.9 Å². The topological polar surface area (TPSA) is 38.3 Å². The molecule has 1 rings (SSSR count). The molecule has 0 aliphatic heterocycles. The monoisotopic (exact) mass is 309 g/mol. The molecule has 0 fully saturated rings. The van der Waals surface area contributed by atoms with Crippen molar-refractivity contribution in [3.63, 3.8) is 0 Å². The zero-order valence-electron chi connectivity index (χ0n) is 13.8. The van der Waals surface area contributed by atoms with Crippen molar-refractivity contribution < 1.29 is 9.53 Å². The standard InChI is InChI=1S/C17H27NO2S/c1-11(2)16(12(3)4)18-17(19)13(5)21-15-9-7-14(20-6)8-10-15/h7-13,16H,1-6H3,(H,18,19)/t13-/m1/s1. The molecule has 1 amide bonds. The minimum absolute atomic E-state index is 0.100. The predicted octanol–water partition coefficient (Wildman–Crippen LogP) is 3.97. The molecule has 0 unspecified atom stereocenters. The average Bonchev–Trinajstić information content (AvgIpc) is 2.44. The van der Waals surface area contributed by atoms with Crippen LogP contribution < -0.4 is 10.1 Å². The van der Waals surface area contributed by atoms with E-state index in [9.17, 15) is 4.79 Å². The largest absolute Gasteiger partial charge is 0.497 e. The first-order chi connectivity index (χ1) is 9.85. The van der Waals surface area contributed by atoms with Crippen LogP contribution in [0.4, 0.5) is 0 Å². The van der Waals surface area contributed by atoms with Crippen LogP contribution in [0.5, 0.6) is 5.75 Å². The smallest absolute Gasteiger partial charge is 0.233 e. The predicted molar refractivity (Wildman–Crippen MR) is 89.9 cm³/mol. The van der Waals surface area contributed by atoms with Crippen LogP contribution in [0.2, 0.25) is 0 Å². The summed E-state index contributed by atoms with van der Waals surface area (Å²) in [6.45, 7) is 10.5. The minimum Gasteiger partial charge on any atom is -0.497 e. The molecular weight excluding hydrogens is 282 g/mol. The lowest BCUT2D eigenvalue weighted by Gasteiger charge is -2.27. The number of methoxy groups -OCH3 is 1. The second-order valence-electron chi connectivity index (χ2n) is 5.96. The number of carbonyl (C=O) groups is 1. The molecule has 0 heterocycles. The number of nitrogens with one attached hydrogen (secondary N) is 1. The van der Waals surface area contributed by atoms with Crippen molar-refractivity contribution in [2.75, 3.05) is 7.11 Å². The van der Waals surface area contributed by atoms with Gasteiger partial charge in [-0.25, -0.2) is 0 Å². The number of benzene rings is 1. The number of hydrogen-bond acceptors (Lipinski definition) is 3. The van der Waals surface area contributed by atoms with Crippen LogP contribution in [0.3, 0.4) is 0 Å². The normalized spacial score (nSPS) is 12.8. The summed E-state index contributed by atoms with van der Waals surface area (Å²) in [7, 11) is 1.65.